The highest BCUT2D eigenvalue weighted by molar-refractivity contribution is 7.98. The molecule has 0 saturated heterocycles. The van der Waals surface area contributed by atoms with Crippen LogP contribution < -0.4 is 15.6 Å². The van der Waals surface area contributed by atoms with Gasteiger partial charge in [-0.1, -0.05) is 23.4 Å². The summed E-state index contributed by atoms with van der Waals surface area (Å²) < 4.78 is 7.06. The molecule has 0 aliphatic heterocycles. The van der Waals surface area contributed by atoms with Crippen LogP contribution in [0.4, 0.5) is 0 Å². The fourth-order valence-electron chi connectivity index (χ4n) is 2.52. The van der Waals surface area contributed by atoms with Gasteiger partial charge in [0.15, 0.2) is 5.16 Å². The van der Waals surface area contributed by atoms with Gasteiger partial charge in [-0.05, 0) is 48.7 Å². The molecule has 2 aromatic carbocycles. The fraction of sp³-hybridized carbons (Fsp3) is 0.105. The van der Waals surface area contributed by atoms with Crippen LogP contribution in [0.5, 0.6) is 5.75 Å². The summed E-state index contributed by atoms with van der Waals surface area (Å²) in [5, 5.41) is 1.29. The Morgan fingerprint density at radius 3 is 2.50 bits per heavy atom. The third kappa shape index (κ3) is 4.29. The van der Waals surface area contributed by atoms with Gasteiger partial charge < -0.3 is 4.74 Å². The summed E-state index contributed by atoms with van der Waals surface area (Å²) in [5.41, 5.74) is 6.30. The lowest BCUT2D eigenvalue weighted by molar-refractivity contribution is 0.0845. The number of benzene rings is 2. The van der Waals surface area contributed by atoms with Crippen molar-refractivity contribution in [2.24, 2.45) is 0 Å². The van der Waals surface area contributed by atoms with E-state index >= 15 is 0 Å². The van der Waals surface area contributed by atoms with Gasteiger partial charge in [0, 0.05) is 28.7 Å². The van der Waals surface area contributed by atoms with Crippen molar-refractivity contribution >= 4 is 35.2 Å². The van der Waals surface area contributed by atoms with Crippen LogP contribution in [0, 0.1) is 0 Å². The molecule has 0 unspecified atom stereocenters. The number of halogens is 1. The van der Waals surface area contributed by atoms with Gasteiger partial charge in [-0.15, -0.1) is 0 Å². The number of carbonyl (C=O) groups is 2. The van der Waals surface area contributed by atoms with E-state index in [4.69, 9.17) is 16.3 Å². The van der Waals surface area contributed by atoms with Crippen molar-refractivity contribution in [1.82, 2.24) is 20.4 Å². The number of hydrazine groups is 1. The molecule has 9 heteroatoms. The lowest BCUT2D eigenvalue weighted by Gasteiger charge is -2.11. The topological polar surface area (TPSA) is 85.3 Å². The van der Waals surface area contributed by atoms with E-state index in [9.17, 15) is 9.59 Å². The number of hydrogen-bond acceptors (Lipinski definition) is 5. The SMILES string of the molecule is COc1cc(Cl)ccc1C(=O)NNC(=O)c1ccc(-n2ccnc2SC)cc1. The van der Waals surface area contributed by atoms with Gasteiger partial charge in [0.2, 0.25) is 0 Å². The van der Waals surface area contributed by atoms with Gasteiger partial charge in [-0.2, -0.15) is 0 Å². The van der Waals surface area contributed by atoms with Crippen LogP contribution in [0.15, 0.2) is 60.0 Å². The Hall–Kier alpha value is -2.97. The van der Waals surface area contributed by atoms with Crippen molar-refractivity contribution in [3.63, 3.8) is 0 Å². The van der Waals surface area contributed by atoms with Crippen molar-refractivity contribution in [2.75, 3.05) is 13.4 Å². The maximum atomic E-state index is 12.3. The van der Waals surface area contributed by atoms with Crippen LogP contribution in [-0.2, 0) is 0 Å². The summed E-state index contributed by atoms with van der Waals surface area (Å²) >= 11 is 7.42. The normalized spacial score (nSPS) is 10.4. The maximum absolute atomic E-state index is 12.3. The fourth-order valence-corrected chi connectivity index (χ4v) is 3.21. The molecule has 3 rings (SSSR count). The molecule has 2 N–H and O–H groups in total. The first-order valence-electron chi connectivity index (χ1n) is 8.15. The molecule has 1 heterocycles. The second kappa shape index (κ2) is 8.81. The smallest absolute Gasteiger partial charge is 0.273 e. The molecule has 0 atom stereocenters. The molecular weight excluding hydrogens is 400 g/mol. The molecule has 144 valence electrons. The number of hydrogen-bond donors (Lipinski definition) is 2. The monoisotopic (exact) mass is 416 g/mol. The first-order valence-corrected chi connectivity index (χ1v) is 9.75. The quantitative estimate of drug-likeness (QED) is 0.492. The average molecular weight is 417 g/mol. The Labute approximate surface area is 171 Å². The summed E-state index contributed by atoms with van der Waals surface area (Å²) in [6, 6.07) is 11.6. The van der Waals surface area contributed by atoms with Crippen molar-refractivity contribution in [3.05, 3.63) is 71.0 Å². The molecule has 0 spiro atoms. The molecule has 0 saturated carbocycles. The van der Waals surface area contributed by atoms with Crippen molar-refractivity contribution in [3.8, 4) is 11.4 Å². The minimum absolute atomic E-state index is 0.257. The number of imidazole rings is 1. The largest absolute Gasteiger partial charge is 0.496 e. The number of thioether (sulfide) groups is 1. The molecule has 3 aromatic rings. The minimum Gasteiger partial charge on any atom is -0.496 e. The Balaban J connectivity index is 1.66. The lowest BCUT2D eigenvalue weighted by atomic mass is 10.2. The van der Waals surface area contributed by atoms with E-state index in [1.54, 1.807) is 36.5 Å². The molecule has 0 aliphatic carbocycles. The van der Waals surface area contributed by atoms with Crippen molar-refractivity contribution in [1.29, 1.82) is 0 Å². The predicted octanol–water partition coefficient (Wildman–Crippen LogP) is 3.33. The highest BCUT2D eigenvalue weighted by atomic mass is 35.5. The number of nitrogens with one attached hydrogen (secondary N) is 2. The van der Waals surface area contributed by atoms with E-state index in [-0.39, 0.29) is 5.56 Å². The third-order valence-corrected chi connectivity index (χ3v) is 4.80. The van der Waals surface area contributed by atoms with Crippen molar-refractivity contribution in [2.45, 2.75) is 5.16 Å². The van der Waals surface area contributed by atoms with Gasteiger partial charge in [0.05, 0.1) is 12.7 Å². The van der Waals surface area contributed by atoms with Gasteiger partial charge in [0.25, 0.3) is 11.8 Å². The van der Waals surface area contributed by atoms with Crippen LogP contribution in [-0.4, -0.2) is 34.7 Å². The second-order valence-corrected chi connectivity index (χ2v) is 6.79. The zero-order valence-electron chi connectivity index (χ0n) is 15.1. The first-order chi connectivity index (χ1) is 13.5. The molecule has 0 aliphatic rings. The molecule has 7 nitrogen and oxygen atoms in total. The van der Waals surface area contributed by atoms with Gasteiger partial charge in [-0.25, -0.2) is 4.98 Å². The van der Waals surface area contributed by atoms with E-state index in [0.717, 1.165) is 10.8 Å². The lowest BCUT2D eigenvalue weighted by Crippen LogP contribution is -2.41. The number of rotatable bonds is 5. The van der Waals surface area contributed by atoms with E-state index in [2.05, 4.69) is 15.8 Å². The number of amides is 2. The summed E-state index contributed by atoms with van der Waals surface area (Å²) in [7, 11) is 1.44. The zero-order valence-corrected chi connectivity index (χ0v) is 16.7. The highest BCUT2D eigenvalue weighted by Gasteiger charge is 2.14. The minimum atomic E-state index is -0.512. The Kier molecular flexibility index (Phi) is 6.23. The number of aromatic nitrogens is 2. The molecule has 1 aromatic heterocycles. The van der Waals surface area contributed by atoms with Crippen LogP contribution in [0.2, 0.25) is 5.02 Å². The number of ether oxygens (including phenoxy) is 1. The summed E-state index contributed by atoms with van der Waals surface area (Å²) in [4.78, 5) is 28.8. The van der Waals surface area contributed by atoms with E-state index in [1.165, 1.54) is 31.0 Å². The summed E-state index contributed by atoms with van der Waals surface area (Å²) in [5.74, 6) is -0.640. The van der Waals surface area contributed by atoms with E-state index < -0.39 is 11.8 Å². The van der Waals surface area contributed by atoms with Gasteiger partial charge in [-0.3, -0.25) is 25.0 Å². The second-order valence-electron chi connectivity index (χ2n) is 5.58. The molecule has 28 heavy (non-hydrogen) atoms. The molecule has 2 amide bonds. The first kappa shape index (κ1) is 19.8. The van der Waals surface area contributed by atoms with E-state index in [1.807, 2.05) is 17.0 Å². The predicted molar refractivity (Wildman–Crippen MR) is 108 cm³/mol. The number of carbonyl (C=O) groups excluding carboxylic acids is 2. The van der Waals surface area contributed by atoms with Crippen LogP contribution >= 0.6 is 23.4 Å². The van der Waals surface area contributed by atoms with Crippen LogP contribution in [0.1, 0.15) is 20.7 Å². The standard InChI is InChI=1S/C19H17ClN4O3S/c1-27-16-11-13(20)5-8-15(16)18(26)23-22-17(25)12-3-6-14(7-4-12)24-10-9-21-19(24)28-2/h3-11H,1-2H3,(H,22,25)(H,23,26). The number of methoxy groups -OCH3 is 1. The van der Waals surface area contributed by atoms with Gasteiger partial charge in [0.1, 0.15) is 5.75 Å². The maximum Gasteiger partial charge on any atom is 0.273 e. The molecular formula is C19H17ClN4O3S. The zero-order chi connectivity index (χ0) is 20.1. The highest BCUT2D eigenvalue weighted by Crippen LogP contribution is 2.23. The molecule has 0 radical (unpaired) electrons. The summed E-state index contributed by atoms with van der Waals surface area (Å²) in [6.07, 6.45) is 5.51. The Morgan fingerprint density at radius 2 is 1.82 bits per heavy atom. The molecule has 0 bridgehead atoms. The van der Waals surface area contributed by atoms with E-state index in [0.29, 0.717) is 16.3 Å². The van der Waals surface area contributed by atoms with Gasteiger partial charge >= 0.3 is 0 Å². The summed E-state index contributed by atoms with van der Waals surface area (Å²) in [6.45, 7) is 0. The Morgan fingerprint density at radius 1 is 1.11 bits per heavy atom. The number of nitrogens with zero attached hydrogens (tertiary/aromatic N) is 2. The van der Waals surface area contributed by atoms with Crippen molar-refractivity contribution < 1.29 is 14.3 Å². The third-order valence-electron chi connectivity index (χ3n) is 3.89. The average Bonchev–Trinajstić information content (AvgIpc) is 3.20. The Bertz CT molecular complexity index is 1000. The van der Waals surface area contributed by atoms with Crippen LogP contribution in [0.3, 0.4) is 0 Å². The molecule has 0 fully saturated rings. The van der Waals surface area contributed by atoms with Crippen LogP contribution in [0.25, 0.3) is 5.69 Å².